The molecule has 0 saturated heterocycles. The number of hydrogen-bond donors (Lipinski definition) is 1. The Bertz CT molecular complexity index is 843. The monoisotopic (exact) mass is 417 g/mol. The van der Waals surface area contributed by atoms with E-state index in [0.717, 1.165) is 43.5 Å². The average molecular weight is 417 g/mol. The highest BCUT2D eigenvalue weighted by Crippen LogP contribution is 2.39. The molecule has 8 heteroatoms. The average Bonchev–Trinajstić information content (AvgIpc) is 2.71. The summed E-state index contributed by atoms with van der Waals surface area (Å²) in [5.74, 6) is -0.0476. The van der Waals surface area contributed by atoms with Gasteiger partial charge in [-0.3, -0.25) is 14.6 Å². The molecule has 2 aromatic rings. The third-order valence-electron chi connectivity index (χ3n) is 4.30. The zero-order valence-electron chi connectivity index (χ0n) is 16.0. The number of pyridine rings is 1. The van der Waals surface area contributed by atoms with Gasteiger partial charge in [0.15, 0.2) is 5.75 Å². The zero-order chi connectivity index (χ0) is 20.5. The van der Waals surface area contributed by atoms with Gasteiger partial charge in [0.1, 0.15) is 17.8 Å². The molecule has 2 heterocycles. The lowest BCUT2D eigenvalue weighted by molar-refractivity contribution is -0.136. The van der Waals surface area contributed by atoms with Crippen LogP contribution in [-0.2, 0) is 26.6 Å². The van der Waals surface area contributed by atoms with Crippen LogP contribution in [-0.4, -0.2) is 35.2 Å². The molecule has 0 fully saturated rings. The minimum Gasteiger partial charge on any atom is -0.494 e. The molecule has 7 nitrogen and oxygen atoms in total. The van der Waals surface area contributed by atoms with Crippen molar-refractivity contribution in [1.82, 2.24) is 4.98 Å². The summed E-state index contributed by atoms with van der Waals surface area (Å²) in [6, 6.07) is 9.72. The first-order chi connectivity index (χ1) is 14.1. The molecule has 1 aromatic carbocycles. The molecule has 0 spiro atoms. The molecule has 1 aliphatic rings. The lowest BCUT2D eigenvalue weighted by Crippen LogP contribution is -2.15. The Labute approximate surface area is 173 Å². The lowest BCUT2D eigenvalue weighted by atomic mass is 10.1. The molecule has 1 aromatic heterocycles. The minimum atomic E-state index is -0.987. The second-order valence-electron chi connectivity index (χ2n) is 6.60. The van der Waals surface area contributed by atoms with Crippen molar-refractivity contribution in [3.8, 4) is 11.5 Å². The van der Waals surface area contributed by atoms with Crippen molar-refractivity contribution in [3.63, 3.8) is 0 Å². The van der Waals surface area contributed by atoms with E-state index >= 15 is 0 Å². The third-order valence-corrected chi connectivity index (χ3v) is 5.19. The highest BCUT2D eigenvalue weighted by Gasteiger charge is 2.26. The van der Waals surface area contributed by atoms with Crippen molar-refractivity contribution in [1.29, 1.82) is 0 Å². The Balaban J connectivity index is 1.45. The van der Waals surface area contributed by atoms with Gasteiger partial charge in [-0.2, -0.15) is 0 Å². The summed E-state index contributed by atoms with van der Waals surface area (Å²) in [4.78, 5) is 27.4. The summed E-state index contributed by atoms with van der Waals surface area (Å²) in [5, 5.41) is 9.11. The summed E-state index contributed by atoms with van der Waals surface area (Å²) in [6.07, 6.45) is 5.15. The van der Waals surface area contributed by atoms with Crippen molar-refractivity contribution < 1.29 is 28.4 Å². The fourth-order valence-corrected chi connectivity index (χ4v) is 3.62. The molecule has 0 aliphatic carbocycles. The number of aliphatic carboxylic acids is 1. The smallest absolute Gasteiger partial charge is 0.322 e. The number of para-hydroxylation sites is 1. The molecule has 0 atom stereocenters. The van der Waals surface area contributed by atoms with Gasteiger partial charge >= 0.3 is 11.9 Å². The van der Waals surface area contributed by atoms with E-state index in [2.05, 4.69) is 4.98 Å². The van der Waals surface area contributed by atoms with Gasteiger partial charge < -0.3 is 18.8 Å². The summed E-state index contributed by atoms with van der Waals surface area (Å²) < 4.78 is 16.6. The van der Waals surface area contributed by atoms with Crippen LogP contribution in [0.4, 0.5) is 0 Å². The predicted octanol–water partition coefficient (Wildman–Crippen LogP) is 3.83. The summed E-state index contributed by atoms with van der Waals surface area (Å²) in [5.41, 5.74) is 1.05. The summed E-state index contributed by atoms with van der Waals surface area (Å²) in [7, 11) is 0. The van der Waals surface area contributed by atoms with E-state index in [-0.39, 0.29) is 18.8 Å². The fourth-order valence-electron chi connectivity index (χ4n) is 2.90. The largest absolute Gasteiger partial charge is 0.494 e. The third kappa shape index (κ3) is 6.39. The van der Waals surface area contributed by atoms with Crippen molar-refractivity contribution in [2.24, 2.45) is 0 Å². The standard InChI is InChI=1S/C21H23NO6S/c23-18(24)13-17-20(21-15(14-22-17)12-19(25)28-29-21)27-11-7-2-1-6-10-26-16-8-4-3-5-9-16/h3-5,8-9,14H,1-2,6-7,10-13H2,(H,23,24). The van der Waals surface area contributed by atoms with E-state index in [1.54, 1.807) is 0 Å². The van der Waals surface area contributed by atoms with Crippen LogP contribution in [0, 0.1) is 0 Å². The number of benzene rings is 1. The van der Waals surface area contributed by atoms with Gasteiger partial charge in [0.2, 0.25) is 0 Å². The Morgan fingerprint density at radius 2 is 1.83 bits per heavy atom. The van der Waals surface area contributed by atoms with Gasteiger partial charge in [-0.15, -0.1) is 0 Å². The summed E-state index contributed by atoms with van der Waals surface area (Å²) >= 11 is 0.913. The van der Waals surface area contributed by atoms with Crippen LogP contribution in [0.15, 0.2) is 41.4 Å². The number of fused-ring (bicyclic) bond motifs is 1. The topological polar surface area (TPSA) is 95.0 Å². The number of rotatable bonds is 11. The molecule has 3 rings (SSSR count). The Kier molecular flexibility index (Phi) is 7.75. The van der Waals surface area contributed by atoms with Crippen molar-refractivity contribution >= 4 is 24.0 Å². The number of nitrogens with zero attached hydrogens (tertiary/aromatic N) is 1. The number of carbonyl (C=O) groups excluding carboxylic acids is 1. The van der Waals surface area contributed by atoms with Crippen LogP contribution in [0.1, 0.15) is 36.9 Å². The molecule has 0 saturated carbocycles. The first-order valence-corrected chi connectivity index (χ1v) is 10.3. The number of carboxylic acids is 1. The first-order valence-electron chi connectivity index (χ1n) is 9.54. The van der Waals surface area contributed by atoms with Crippen LogP contribution in [0.2, 0.25) is 0 Å². The van der Waals surface area contributed by atoms with Crippen molar-refractivity contribution in [2.45, 2.75) is 43.4 Å². The van der Waals surface area contributed by atoms with Crippen LogP contribution < -0.4 is 9.47 Å². The van der Waals surface area contributed by atoms with Gasteiger partial charge in [0, 0.05) is 11.8 Å². The molecule has 1 N–H and O–H groups in total. The van der Waals surface area contributed by atoms with Crippen molar-refractivity contribution in [3.05, 3.63) is 47.8 Å². The van der Waals surface area contributed by atoms with E-state index in [4.69, 9.17) is 18.8 Å². The summed E-state index contributed by atoms with van der Waals surface area (Å²) in [6.45, 7) is 1.12. The van der Waals surface area contributed by atoms with E-state index in [9.17, 15) is 9.59 Å². The van der Waals surface area contributed by atoms with Crippen LogP contribution in [0.3, 0.4) is 0 Å². The maximum absolute atomic E-state index is 11.5. The van der Waals surface area contributed by atoms with Gasteiger partial charge in [0.05, 0.1) is 36.6 Å². The van der Waals surface area contributed by atoms with Gasteiger partial charge in [-0.25, -0.2) is 0 Å². The van der Waals surface area contributed by atoms with Gasteiger partial charge in [-0.05, 0) is 37.8 Å². The first kappa shape index (κ1) is 21.0. The lowest BCUT2D eigenvalue weighted by Gasteiger charge is -2.19. The predicted molar refractivity (Wildman–Crippen MR) is 107 cm³/mol. The zero-order valence-corrected chi connectivity index (χ0v) is 16.8. The van der Waals surface area contributed by atoms with E-state index in [1.165, 1.54) is 6.20 Å². The van der Waals surface area contributed by atoms with Crippen LogP contribution >= 0.6 is 12.0 Å². The Morgan fingerprint density at radius 3 is 2.55 bits per heavy atom. The van der Waals surface area contributed by atoms with E-state index < -0.39 is 5.97 Å². The number of carboxylic acid groups (broad SMARTS) is 1. The van der Waals surface area contributed by atoms with E-state index in [1.807, 2.05) is 30.3 Å². The second kappa shape index (κ2) is 10.7. The van der Waals surface area contributed by atoms with E-state index in [0.29, 0.717) is 35.1 Å². The molecular weight excluding hydrogens is 394 g/mol. The number of unbranched alkanes of at least 4 members (excludes halogenated alkanes) is 3. The quantitative estimate of drug-likeness (QED) is 0.435. The van der Waals surface area contributed by atoms with Crippen LogP contribution in [0.5, 0.6) is 11.5 Å². The molecule has 0 bridgehead atoms. The van der Waals surface area contributed by atoms with Crippen molar-refractivity contribution in [2.75, 3.05) is 13.2 Å². The minimum absolute atomic E-state index is 0.112. The molecule has 0 amide bonds. The Morgan fingerprint density at radius 1 is 1.10 bits per heavy atom. The van der Waals surface area contributed by atoms with Gasteiger partial charge in [0.25, 0.3) is 0 Å². The highest BCUT2D eigenvalue weighted by molar-refractivity contribution is 7.95. The SMILES string of the molecule is O=C(O)Cc1ncc2c(c1OCCCCCCOc1ccccc1)SOC(=O)C2. The molecule has 29 heavy (non-hydrogen) atoms. The number of ether oxygens (including phenoxy) is 2. The maximum Gasteiger partial charge on any atom is 0.322 e. The number of hydrogen-bond acceptors (Lipinski definition) is 7. The molecular formula is C21H23NO6S. The molecule has 154 valence electrons. The fraction of sp³-hybridized carbons (Fsp3) is 0.381. The second-order valence-corrected chi connectivity index (χ2v) is 7.34. The molecule has 1 aliphatic heterocycles. The van der Waals surface area contributed by atoms with Gasteiger partial charge in [-0.1, -0.05) is 18.2 Å². The number of carbonyl (C=O) groups is 2. The normalized spacial score (nSPS) is 12.8. The molecule has 0 radical (unpaired) electrons. The maximum atomic E-state index is 11.5. The van der Waals surface area contributed by atoms with Crippen LogP contribution in [0.25, 0.3) is 0 Å². The molecule has 0 unspecified atom stereocenters. The Hall–Kier alpha value is -2.74. The number of aromatic nitrogens is 1. The highest BCUT2D eigenvalue weighted by atomic mass is 32.2.